The van der Waals surface area contributed by atoms with E-state index in [1.165, 1.54) is 29.1 Å². The van der Waals surface area contributed by atoms with Crippen molar-refractivity contribution in [2.24, 2.45) is 0 Å². The maximum atomic E-state index is 4.35. The molecule has 0 saturated carbocycles. The summed E-state index contributed by atoms with van der Waals surface area (Å²) in [5.41, 5.74) is 0. The molecule has 1 aliphatic rings. The lowest BCUT2D eigenvalue weighted by Gasteiger charge is -2.36. The molecule has 1 fully saturated rings. The lowest BCUT2D eigenvalue weighted by atomic mass is 10.5. The van der Waals surface area contributed by atoms with Crippen molar-refractivity contribution in [1.82, 2.24) is 20.4 Å². The van der Waals surface area contributed by atoms with E-state index in [2.05, 4.69) is 32.5 Å². The van der Waals surface area contributed by atoms with Gasteiger partial charge < -0.3 is 0 Å². The molecule has 72 valence electrons. The molecule has 0 aliphatic carbocycles. The molecule has 0 amide bonds. The predicted octanol–water partition coefficient (Wildman–Crippen LogP) is 0.0995. The molecular weight excluding hydrogens is 192 g/mol. The van der Waals surface area contributed by atoms with E-state index in [0.29, 0.717) is 0 Å². The van der Waals surface area contributed by atoms with E-state index in [-0.39, 0.29) is 0 Å². The Morgan fingerprint density at radius 2 is 1.57 bits per heavy atom. The van der Waals surface area contributed by atoms with Gasteiger partial charge in [0.05, 0.1) is 10.6 Å². The highest BCUT2D eigenvalue weighted by Crippen LogP contribution is 2.30. The maximum Gasteiger partial charge on any atom is 0.169 e. The van der Waals surface area contributed by atoms with Crippen molar-refractivity contribution in [3.05, 3.63) is 24.5 Å². The predicted molar refractivity (Wildman–Crippen MR) is 56.4 cm³/mol. The first kappa shape index (κ1) is 7.99. The molecular formula is C9H12N4Si. The molecule has 0 unspecified atom stereocenters. The Morgan fingerprint density at radius 3 is 1.86 bits per heavy atom. The van der Waals surface area contributed by atoms with Gasteiger partial charge in [0, 0.05) is 12.4 Å². The summed E-state index contributed by atoms with van der Waals surface area (Å²) in [7, 11) is -1.48. The lowest BCUT2D eigenvalue weighted by Crippen LogP contribution is -2.64. The van der Waals surface area contributed by atoms with Gasteiger partial charge in [-0.3, -0.25) is 10.2 Å². The van der Waals surface area contributed by atoms with Crippen LogP contribution in [0.3, 0.4) is 0 Å². The molecule has 4 nitrogen and oxygen atoms in total. The molecule has 5 heteroatoms. The molecule has 2 aromatic rings. The van der Waals surface area contributed by atoms with E-state index in [4.69, 9.17) is 0 Å². The molecule has 0 bridgehead atoms. The fourth-order valence-electron chi connectivity index (χ4n) is 2.23. The maximum absolute atomic E-state index is 4.35. The molecule has 2 aromatic heterocycles. The molecule has 3 heterocycles. The molecule has 3 rings (SSSR count). The molecule has 14 heavy (non-hydrogen) atoms. The van der Waals surface area contributed by atoms with Crippen LogP contribution in [0.5, 0.6) is 0 Å². The third-order valence-corrected chi connectivity index (χ3v) is 8.12. The Hall–Kier alpha value is -1.36. The van der Waals surface area contributed by atoms with Crippen molar-refractivity contribution in [2.75, 3.05) is 0 Å². The highest BCUT2D eigenvalue weighted by atomic mass is 28.3. The quantitative estimate of drug-likeness (QED) is 0.682. The van der Waals surface area contributed by atoms with Crippen LogP contribution in [0.2, 0.25) is 12.1 Å². The summed E-state index contributed by atoms with van der Waals surface area (Å²) in [6.45, 7) is 0. The van der Waals surface area contributed by atoms with E-state index in [1.54, 1.807) is 0 Å². The normalized spacial score (nSPS) is 19.1. The second-order valence-electron chi connectivity index (χ2n) is 3.85. The van der Waals surface area contributed by atoms with Crippen molar-refractivity contribution >= 4 is 18.7 Å². The first-order valence-corrected chi connectivity index (χ1v) is 7.34. The molecule has 2 N–H and O–H groups in total. The van der Waals surface area contributed by atoms with E-state index in [0.717, 1.165) is 0 Å². The number of hydrogen-bond donors (Lipinski definition) is 2. The molecule has 0 radical (unpaired) electrons. The second kappa shape index (κ2) is 2.81. The number of H-pyrrole nitrogens is 2. The van der Waals surface area contributed by atoms with E-state index in [1.807, 2.05) is 12.4 Å². The van der Waals surface area contributed by atoms with Crippen LogP contribution in [-0.2, 0) is 0 Å². The summed E-state index contributed by atoms with van der Waals surface area (Å²) in [6, 6.07) is 6.81. The Morgan fingerprint density at radius 1 is 1.00 bits per heavy atom. The summed E-state index contributed by atoms with van der Waals surface area (Å²) < 4.78 is 0. The van der Waals surface area contributed by atoms with Crippen molar-refractivity contribution in [3.8, 4) is 0 Å². The van der Waals surface area contributed by atoms with Crippen LogP contribution < -0.4 is 10.6 Å². The van der Waals surface area contributed by atoms with Gasteiger partial charge in [0.25, 0.3) is 0 Å². The highest BCUT2D eigenvalue weighted by molar-refractivity contribution is 7.03. The minimum absolute atomic E-state index is 1.26. The average molecular weight is 204 g/mol. The SMILES string of the molecule is c1cc([Si]2(c3cc[nH]n3)CCC2)n[nH]1. The van der Waals surface area contributed by atoms with Crippen LogP contribution in [0.1, 0.15) is 6.42 Å². The summed E-state index contributed by atoms with van der Waals surface area (Å²) >= 11 is 0. The summed E-state index contributed by atoms with van der Waals surface area (Å²) in [6.07, 6.45) is 5.15. The van der Waals surface area contributed by atoms with Crippen LogP contribution in [0.15, 0.2) is 24.5 Å². The van der Waals surface area contributed by atoms with Gasteiger partial charge in [0.2, 0.25) is 0 Å². The first-order chi connectivity index (χ1) is 6.92. The Bertz CT molecular complexity index is 366. The number of rotatable bonds is 2. The van der Waals surface area contributed by atoms with Crippen LogP contribution >= 0.6 is 0 Å². The van der Waals surface area contributed by atoms with Gasteiger partial charge in [-0.2, -0.15) is 10.2 Å². The number of aromatic nitrogens is 4. The molecule has 1 aliphatic heterocycles. The Kier molecular flexibility index (Phi) is 1.60. The van der Waals surface area contributed by atoms with Gasteiger partial charge >= 0.3 is 0 Å². The largest absolute Gasteiger partial charge is 0.286 e. The third kappa shape index (κ3) is 0.927. The van der Waals surface area contributed by atoms with Crippen molar-refractivity contribution < 1.29 is 0 Å². The topological polar surface area (TPSA) is 57.4 Å². The van der Waals surface area contributed by atoms with Crippen LogP contribution in [0, 0.1) is 0 Å². The highest BCUT2D eigenvalue weighted by Gasteiger charge is 2.46. The fraction of sp³-hybridized carbons (Fsp3) is 0.333. The zero-order chi connectivity index (χ0) is 9.43. The van der Waals surface area contributed by atoms with Gasteiger partial charge in [-0.25, -0.2) is 0 Å². The van der Waals surface area contributed by atoms with Gasteiger partial charge in [0.15, 0.2) is 8.07 Å². The minimum Gasteiger partial charge on any atom is -0.286 e. The summed E-state index contributed by atoms with van der Waals surface area (Å²) in [5, 5.41) is 17.0. The third-order valence-electron chi connectivity index (χ3n) is 3.19. The zero-order valence-corrected chi connectivity index (χ0v) is 8.83. The van der Waals surface area contributed by atoms with Gasteiger partial charge in [-0.05, 0) is 24.2 Å². The van der Waals surface area contributed by atoms with Crippen molar-refractivity contribution in [2.45, 2.75) is 18.5 Å². The van der Waals surface area contributed by atoms with Crippen LogP contribution in [0.25, 0.3) is 0 Å². The average Bonchev–Trinajstić information content (AvgIpc) is 2.71. The Balaban J connectivity index is 2.08. The molecule has 0 aromatic carbocycles. The standard InChI is InChI=1S/C9H12N4Si/c1-6-14(7-1,8-2-4-10-12-8)9-3-5-11-13-9/h2-5H,1,6-7H2,(H,10,12)(H,11,13). The molecule has 1 saturated heterocycles. The minimum atomic E-state index is -1.48. The summed E-state index contributed by atoms with van der Waals surface area (Å²) in [4.78, 5) is 0. The van der Waals surface area contributed by atoms with Crippen molar-refractivity contribution in [1.29, 1.82) is 0 Å². The van der Waals surface area contributed by atoms with E-state index >= 15 is 0 Å². The first-order valence-electron chi connectivity index (χ1n) is 4.92. The van der Waals surface area contributed by atoms with Gasteiger partial charge in [-0.15, -0.1) is 0 Å². The van der Waals surface area contributed by atoms with E-state index in [9.17, 15) is 0 Å². The number of nitrogens with one attached hydrogen (secondary N) is 2. The van der Waals surface area contributed by atoms with Crippen molar-refractivity contribution in [3.63, 3.8) is 0 Å². The Labute approximate surface area is 82.8 Å². The number of aromatic amines is 2. The second-order valence-corrected chi connectivity index (χ2v) is 8.04. The zero-order valence-electron chi connectivity index (χ0n) is 7.83. The summed E-state index contributed by atoms with van der Waals surface area (Å²) in [5.74, 6) is 0. The van der Waals surface area contributed by atoms with Crippen LogP contribution in [-0.4, -0.2) is 28.5 Å². The number of hydrogen-bond acceptors (Lipinski definition) is 2. The van der Waals surface area contributed by atoms with E-state index < -0.39 is 8.07 Å². The van der Waals surface area contributed by atoms with Gasteiger partial charge in [0.1, 0.15) is 0 Å². The molecule has 0 atom stereocenters. The smallest absolute Gasteiger partial charge is 0.169 e. The monoisotopic (exact) mass is 204 g/mol. The number of nitrogens with zero attached hydrogens (tertiary/aromatic N) is 2. The van der Waals surface area contributed by atoms with Crippen LogP contribution in [0.4, 0.5) is 0 Å². The fourth-order valence-corrected chi connectivity index (χ4v) is 5.94. The lowest BCUT2D eigenvalue weighted by molar-refractivity contribution is 0.912. The van der Waals surface area contributed by atoms with Gasteiger partial charge in [-0.1, -0.05) is 6.42 Å². The molecule has 0 spiro atoms.